The van der Waals surface area contributed by atoms with Gasteiger partial charge in [0.2, 0.25) is 0 Å². The molecular weight excluding hydrogens is 254 g/mol. The second-order valence-corrected chi connectivity index (χ2v) is 5.00. The molecule has 0 aliphatic carbocycles. The van der Waals surface area contributed by atoms with E-state index in [0.29, 0.717) is 36.9 Å². The summed E-state index contributed by atoms with van der Waals surface area (Å²) in [5.74, 6) is 0.859. The third-order valence-electron chi connectivity index (χ3n) is 2.67. The van der Waals surface area contributed by atoms with E-state index in [1.807, 2.05) is 13.8 Å². The molecule has 0 saturated heterocycles. The molecule has 0 aliphatic rings. The van der Waals surface area contributed by atoms with Crippen molar-refractivity contribution in [2.24, 2.45) is 5.92 Å². The van der Waals surface area contributed by atoms with E-state index in [-0.39, 0.29) is 12.5 Å². The lowest BCUT2D eigenvalue weighted by Gasteiger charge is -2.23. The smallest absolute Gasteiger partial charge is 0.260 e. The van der Waals surface area contributed by atoms with Crippen LogP contribution in [0.25, 0.3) is 0 Å². The number of ether oxygens (including phenoxy) is 1. The van der Waals surface area contributed by atoms with Gasteiger partial charge in [0.1, 0.15) is 5.75 Å². The van der Waals surface area contributed by atoms with Crippen LogP contribution in [0.1, 0.15) is 20.3 Å². The number of carbonyl (C=O) groups excluding carboxylic acids is 1. The number of nitrogen functional groups attached to an aromatic ring is 1. The Morgan fingerprint density at radius 3 is 2.60 bits per heavy atom. The minimum atomic E-state index is -0.106. The molecule has 20 heavy (non-hydrogen) atoms. The first-order chi connectivity index (χ1) is 9.52. The van der Waals surface area contributed by atoms with Gasteiger partial charge in [-0.15, -0.1) is 0 Å². The van der Waals surface area contributed by atoms with Crippen LogP contribution < -0.4 is 10.5 Å². The van der Waals surface area contributed by atoms with Crippen LogP contribution in [0.15, 0.2) is 24.3 Å². The molecule has 1 amide bonds. The summed E-state index contributed by atoms with van der Waals surface area (Å²) in [5.41, 5.74) is 6.23. The Kier molecular flexibility index (Phi) is 6.38. The Morgan fingerprint density at radius 2 is 2.05 bits per heavy atom. The zero-order valence-electron chi connectivity index (χ0n) is 12.0. The second kappa shape index (κ2) is 8.05. The zero-order valence-corrected chi connectivity index (χ0v) is 12.0. The van der Waals surface area contributed by atoms with Crippen LogP contribution in [0, 0.1) is 17.2 Å². The van der Waals surface area contributed by atoms with Crippen molar-refractivity contribution >= 4 is 11.6 Å². The molecule has 1 aromatic carbocycles. The molecule has 0 unspecified atom stereocenters. The number of nitrogens with two attached hydrogens (primary N) is 1. The van der Waals surface area contributed by atoms with Crippen LogP contribution in [0.3, 0.4) is 0 Å². The van der Waals surface area contributed by atoms with Crippen molar-refractivity contribution in [1.29, 1.82) is 5.26 Å². The quantitative estimate of drug-likeness (QED) is 0.772. The van der Waals surface area contributed by atoms with E-state index in [9.17, 15) is 4.79 Å². The third-order valence-corrected chi connectivity index (χ3v) is 2.67. The molecule has 0 radical (unpaired) electrons. The molecule has 0 saturated carbocycles. The van der Waals surface area contributed by atoms with Crippen molar-refractivity contribution in [2.45, 2.75) is 20.3 Å². The topological polar surface area (TPSA) is 79.3 Å². The fourth-order valence-corrected chi connectivity index (χ4v) is 1.74. The molecule has 0 heterocycles. The molecule has 0 fully saturated rings. The maximum Gasteiger partial charge on any atom is 0.260 e. The Morgan fingerprint density at radius 1 is 1.40 bits per heavy atom. The van der Waals surface area contributed by atoms with Gasteiger partial charge in [0.05, 0.1) is 12.5 Å². The Balaban J connectivity index is 2.52. The standard InChI is InChI=1S/C15H21N3O2/c1-12(2)10-18(9-3-8-16)15(19)11-20-14-6-4-13(17)5-7-14/h4-7,12H,3,9-11,17H2,1-2H3. The summed E-state index contributed by atoms with van der Waals surface area (Å²) >= 11 is 0. The van der Waals surface area contributed by atoms with E-state index >= 15 is 0 Å². The number of nitrogens with zero attached hydrogens (tertiary/aromatic N) is 2. The highest BCUT2D eigenvalue weighted by Crippen LogP contribution is 2.13. The molecule has 0 aromatic heterocycles. The molecule has 0 spiro atoms. The second-order valence-electron chi connectivity index (χ2n) is 5.00. The van der Waals surface area contributed by atoms with Crippen molar-refractivity contribution < 1.29 is 9.53 Å². The number of amides is 1. The molecule has 5 nitrogen and oxygen atoms in total. The van der Waals surface area contributed by atoms with E-state index in [0.717, 1.165) is 0 Å². The zero-order chi connectivity index (χ0) is 15.0. The van der Waals surface area contributed by atoms with Crippen LogP contribution in [-0.2, 0) is 4.79 Å². The fraction of sp³-hybridized carbons (Fsp3) is 0.467. The summed E-state index contributed by atoms with van der Waals surface area (Å²) in [5, 5.41) is 8.63. The molecular formula is C15H21N3O2. The largest absolute Gasteiger partial charge is 0.484 e. The summed E-state index contributed by atoms with van der Waals surface area (Å²) in [4.78, 5) is 13.8. The van der Waals surface area contributed by atoms with Gasteiger partial charge in [0.25, 0.3) is 5.91 Å². The van der Waals surface area contributed by atoms with Crippen molar-refractivity contribution in [3.05, 3.63) is 24.3 Å². The van der Waals surface area contributed by atoms with Gasteiger partial charge in [-0.1, -0.05) is 13.8 Å². The predicted molar refractivity (Wildman–Crippen MR) is 78.0 cm³/mol. The lowest BCUT2D eigenvalue weighted by Crippen LogP contribution is -2.38. The number of nitriles is 1. The highest BCUT2D eigenvalue weighted by molar-refractivity contribution is 5.77. The van der Waals surface area contributed by atoms with E-state index in [1.165, 1.54) is 0 Å². The number of benzene rings is 1. The van der Waals surface area contributed by atoms with Gasteiger partial charge in [-0.05, 0) is 30.2 Å². The van der Waals surface area contributed by atoms with E-state index in [4.69, 9.17) is 15.7 Å². The van der Waals surface area contributed by atoms with Crippen molar-refractivity contribution in [3.8, 4) is 11.8 Å². The van der Waals surface area contributed by atoms with Gasteiger partial charge in [-0.25, -0.2) is 0 Å². The minimum absolute atomic E-state index is 0.0257. The molecule has 0 atom stereocenters. The number of hydrogen-bond donors (Lipinski definition) is 1. The van der Waals surface area contributed by atoms with Gasteiger partial charge in [-0.2, -0.15) is 5.26 Å². The number of carbonyl (C=O) groups is 1. The minimum Gasteiger partial charge on any atom is -0.484 e. The van der Waals surface area contributed by atoms with Gasteiger partial charge in [0.15, 0.2) is 6.61 Å². The number of hydrogen-bond acceptors (Lipinski definition) is 4. The summed E-state index contributed by atoms with van der Waals surface area (Å²) in [7, 11) is 0. The van der Waals surface area contributed by atoms with Crippen LogP contribution in [0.5, 0.6) is 5.75 Å². The van der Waals surface area contributed by atoms with Crippen LogP contribution in [0.4, 0.5) is 5.69 Å². The Bertz CT molecular complexity index is 463. The molecule has 0 aliphatic heterocycles. The molecule has 1 rings (SSSR count). The van der Waals surface area contributed by atoms with Crippen molar-refractivity contribution in [2.75, 3.05) is 25.4 Å². The molecule has 2 N–H and O–H groups in total. The maximum atomic E-state index is 12.1. The average molecular weight is 275 g/mol. The summed E-state index contributed by atoms with van der Waals surface area (Å²) in [6, 6.07) is 8.96. The van der Waals surface area contributed by atoms with E-state index in [1.54, 1.807) is 29.2 Å². The summed E-state index contributed by atoms with van der Waals surface area (Å²) < 4.78 is 5.44. The van der Waals surface area contributed by atoms with E-state index in [2.05, 4.69) is 6.07 Å². The average Bonchev–Trinajstić information content (AvgIpc) is 2.42. The molecule has 5 heteroatoms. The van der Waals surface area contributed by atoms with Crippen LogP contribution >= 0.6 is 0 Å². The number of rotatable bonds is 7. The first-order valence-corrected chi connectivity index (χ1v) is 6.66. The Hall–Kier alpha value is -2.22. The van der Waals surface area contributed by atoms with E-state index < -0.39 is 0 Å². The monoisotopic (exact) mass is 275 g/mol. The van der Waals surface area contributed by atoms with Gasteiger partial charge in [0, 0.05) is 18.8 Å². The molecule has 0 bridgehead atoms. The predicted octanol–water partition coefficient (Wildman–Crippen LogP) is 2.05. The van der Waals surface area contributed by atoms with Crippen LogP contribution in [0.2, 0.25) is 0 Å². The first kappa shape index (κ1) is 15.8. The van der Waals surface area contributed by atoms with Gasteiger partial charge < -0.3 is 15.4 Å². The van der Waals surface area contributed by atoms with Crippen molar-refractivity contribution in [3.63, 3.8) is 0 Å². The molecule has 108 valence electrons. The maximum absolute atomic E-state index is 12.1. The fourth-order valence-electron chi connectivity index (χ4n) is 1.74. The SMILES string of the molecule is CC(C)CN(CCC#N)C(=O)COc1ccc(N)cc1. The summed E-state index contributed by atoms with van der Waals surface area (Å²) in [6.07, 6.45) is 0.334. The lowest BCUT2D eigenvalue weighted by atomic mass is 10.2. The summed E-state index contributed by atoms with van der Waals surface area (Å²) in [6.45, 7) is 5.12. The Labute approximate surface area is 119 Å². The highest BCUT2D eigenvalue weighted by Gasteiger charge is 2.15. The van der Waals surface area contributed by atoms with Gasteiger partial charge >= 0.3 is 0 Å². The highest BCUT2D eigenvalue weighted by atomic mass is 16.5. The van der Waals surface area contributed by atoms with Crippen molar-refractivity contribution in [1.82, 2.24) is 4.90 Å². The first-order valence-electron chi connectivity index (χ1n) is 6.66. The normalized spacial score (nSPS) is 10.1. The third kappa shape index (κ3) is 5.61. The number of anilines is 1. The molecule has 1 aromatic rings. The van der Waals surface area contributed by atoms with Gasteiger partial charge in [-0.3, -0.25) is 4.79 Å². The van der Waals surface area contributed by atoms with Crippen LogP contribution in [-0.4, -0.2) is 30.5 Å². The lowest BCUT2D eigenvalue weighted by molar-refractivity contribution is -0.133.